The average Bonchev–Trinajstić information content (AvgIpc) is 3.69. The van der Waals surface area contributed by atoms with E-state index < -0.39 is 24.0 Å². The van der Waals surface area contributed by atoms with Crippen molar-refractivity contribution in [3.05, 3.63) is 99.3 Å². The molecule has 0 saturated carbocycles. The van der Waals surface area contributed by atoms with Crippen LogP contribution in [0.1, 0.15) is 42.1 Å². The van der Waals surface area contributed by atoms with E-state index in [1.54, 1.807) is 42.6 Å². The predicted octanol–water partition coefficient (Wildman–Crippen LogP) is 8.24. The molecule has 0 radical (unpaired) electrons. The van der Waals surface area contributed by atoms with Gasteiger partial charge < -0.3 is 39.6 Å². The van der Waals surface area contributed by atoms with Gasteiger partial charge in [0.2, 0.25) is 17.9 Å². The molecule has 7 heterocycles. The van der Waals surface area contributed by atoms with Gasteiger partial charge in [-0.1, -0.05) is 35.3 Å². The van der Waals surface area contributed by atoms with Crippen LogP contribution in [-0.2, 0) is 17.8 Å². The summed E-state index contributed by atoms with van der Waals surface area (Å²) in [5.74, 6) is 0.212. The zero-order valence-corrected chi connectivity index (χ0v) is 39.5. The van der Waals surface area contributed by atoms with E-state index in [1.807, 2.05) is 13.8 Å². The van der Waals surface area contributed by atoms with Crippen LogP contribution in [0.2, 0.25) is 10.0 Å². The SMILES string of the molecule is Cc1c(Cl)c2c(Cl)c(C)c1-c1c(-c3ccc(F)cc3)sc3ncnc(c13)O[C@@H](C(=O)O)Cc1cc(ccc1OCc1ccnc(N3CCC(C)(N)CC3)n1)OC[C@@H](CN1CCN(C)CC1)O2. The van der Waals surface area contributed by atoms with Crippen LogP contribution in [0.4, 0.5) is 10.3 Å². The first kappa shape index (κ1) is 45.8. The molecule has 14 nitrogen and oxygen atoms in total. The average molecular weight is 958 g/mol. The standard InChI is InChI=1S/C48H51Cl2FN8O6S/c1-27-37-28(2)41(50)42(40(27)49)64-34(23-58-19-17-57(4)18-20-58)25-62-33-9-10-35(63-24-32-11-14-53-47(56-32)59-15-12-48(3,52)13-16-59)30(21-33)22-36(46(60)61)65-44-39-38(37)43(66-45(39)55-26-54-44)29-5-7-31(51)8-6-29/h5-11,14,21,26,34,36H,12-13,15-20,22-25,52H2,1-4H3,(H,60,61)/t34-,36-/m1/s1. The molecular formula is C48H51Cl2FN8O6S. The Morgan fingerprint density at radius 2 is 1.70 bits per heavy atom. The van der Waals surface area contributed by atoms with Crippen molar-refractivity contribution in [2.24, 2.45) is 5.73 Å². The third-order valence-corrected chi connectivity index (χ3v) is 14.7. The molecule has 10 rings (SSSR count). The van der Waals surface area contributed by atoms with Crippen molar-refractivity contribution in [2.45, 2.75) is 64.4 Å². The quantitative estimate of drug-likeness (QED) is 0.150. The first-order valence-corrected chi connectivity index (χ1v) is 23.5. The Bertz CT molecular complexity index is 2730. The van der Waals surface area contributed by atoms with Crippen LogP contribution in [0, 0.1) is 19.7 Å². The second kappa shape index (κ2) is 19.1. The maximum absolute atomic E-state index is 14.4. The molecule has 0 amide bonds. The second-order valence-electron chi connectivity index (χ2n) is 17.6. The van der Waals surface area contributed by atoms with E-state index in [-0.39, 0.29) is 31.1 Å². The van der Waals surface area contributed by atoms with E-state index in [9.17, 15) is 14.3 Å². The number of aromatic nitrogens is 4. The molecule has 6 aromatic rings. The number of anilines is 1. The van der Waals surface area contributed by atoms with E-state index >= 15 is 0 Å². The number of likely N-dealkylation sites (N-methyl/N-ethyl adjacent to an activating group) is 1. The number of ether oxygens (including phenoxy) is 4. The van der Waals surface area contributed by atoms with E-state index in [2.05, 4.69) is 43.6 Å². The number of hydrogen-bond donors (Lipinski definition) is 2. The van der Waals surface area contributed by atoms with Crippen LogP contribution in [-0.4, -0.2) is 118 Å². The molecule has 3 N–H and O–H groups in total. The fourth-order valence-corrected chi connectivity index (χ4v) is 10.4. The number of thiophene rings is 1. The second-order valence-corrected chi connectivity index (χ2v) is 19.4. The maximum Gasteiger partial charge on any atom is 0.345 e. The molecule has 4 bridgehead atoms. The summed E-state index contributed by atoms with van der Waals surface area (Å²) < 4.78 is 40.7. The molecule has 3 aromatic heterocycles. The Morgan fingerprint density at radius 3 is 2.41 bits per heavy atom. The smallest absolute Gasteiger partial charge is 0.345 e. The molecule has 2 saturated heterocycles. The van der Waals surface area contributed by atoms with Crippen molar-refractivity contribution in [3.8, 4) is 44.7 Å². The number of piperazine rings is 1. The number of rotatable bonds is 8. The van der Waals surface area contributed by atoms with Crippen LogP contribution in [0.25, 0.3) is 31.8 Å². The van der Waals surface area contributed by atoms with Gasteiger partial charge in [-0.2, -0.15) is 0 Å². The Kier molecular flexibility index (Phi) is 13.2. The zero-order valence-electron chi connectivity index (χ0n) is 37.2. The number of nitrogens with zero attached hydrogens (tertiary/aromatic N) is 7. The summed E-state index contributed by atoms with van der Waals surface area (Å²) in [4.78, 5) is 39.8. The van der Waals surface area contributed by atoms with Gasteiger partial charge in [0.25, 0.3) is 0 Å². The van der Waals surface area contributed by atoms with Gasteiger partial charge in [-0.3, -0.25) is 4.90 Å². The molecule has 0 spiro atoms. The van der Waals surface area contributed by atoms with Gasteiger partial charge in [0.05, 0.1) is 21.1 Å². The highest BCUT2D eigenvalue weighted by molar-refractivity contribution is 7.22. The van der Waals surface area contributed by atoms with Gasteiger partial charge >= 0.3 is 5.97 Å². The maximum atomic E-state index is 14.4. The van der Waals surface area contributed by atoms with Crippen molar-refractivity contribution in [1.82, 2.24) is 29.7 Å². The number of carboxylic acid groups (broad SMARTS) is 1. The number of carbonyl (C=O) groups is 1. The normalized spacial score (nSPS) is 19.2. The number of aliphatic carboxylic acids is 1. The summed E-state index contributed by atoms with van der Waals surface area (Å²) in [6, 6.07) is 13.2. The fourth-order valence-electron chi connectivity index (χ4n) is 8.70. The van der Waals surface area contributed by atoms with Crippen LogP contribution >= 0.6 is 34.5 Å². The Hall–Kier alpha value is -5.36. The minimum Gasteiger partial charge on any atom is -0.490 e. The molecule has 0 unspecified atom stereocenters. The van der Waals surface area contributed by atoms with Crippen molar-refractivity contribution in [2.75, 3.05) is 64.4 Å². The lowest BCUT2D eigenvalue weighted by atomic mass is 9.91. The number of fused-ring (bicyclic) bond motifs is 7. The highest BCUT2D eigenvalue weighted by Gasteiger charge is 2.33. The van der Waals surface area contributed by atoms with E-state index in [1.165, 1.54) is 29.8 Å². The minimum absolute atomic E-state index is 0.0333. The number of halogens is 3. The van der Waals surface area contributed by atoms with Crippen molar-refractivity contribution in [1.29, 1.82) is 0 Å². The molecule has 2 atom stereocenters. The summed E-state index contributed by atoms with van der Waals surface area (Å²) in [6.45, 7) is 11.5. The summed E-state index contributed by atoms with van der Waals surface area (Å²) >= 11 is 16.0. The molecule has 4 aliphatic heterocycles. The largest absolute Gasteiger partial charge is 0.490 e. The zero-order chi connectivity index (χ0) is 46.3. The third kappa shape index (κ3) is 9.71. The highest BCUT2D eigenvalue weighted by Crippen LogP contribution is 2.53. The van der Waals surface area contributed by atoms with E-state index in [4.69, 9.17) is 52.9 Å². The first-order valence-electron chi connectivity index (χ1n) is 21.9. The molecular weight excluding hydrogens is 907 g/mol. The van der Waals surface area contributed by atoms with Crippen molar-refractivity contribution in [3.63, 3.8) is 0 Å². The number of hydrogen-bond acceptors (Lipinski definition) is 14. The molecule has 66 heavy (non-hydrogen) atoms. The third-order valence-electron chi connectivity index (χ3n) is 12.6. The highest BCUT2D eigenvalue weighted by atomic mass is 35.5. The van der Waals surface area contributed by atoms with Gasteiger partial charge in [-0.25, -0.2) is 29.1 Å². The van der Waals surface area contributed by atoms with Gasteiger partial charge in [0.1, 0.15) is 47.8 Å². The Balaban J connectivity index is 1.14. The molecule has 3 aromatic carbocycles. The van der Waals surface area contributed by atoms with Crippen molar-refractivity contribution >= 4 is 56.7 Å². The lowest BCUT2D eigenvalue weighted by Gasteiger charge is -2.36. The topological polar surface area (TPSA) is 162 Å². The van der Waals surface area contributed by atoms with Crippen LogP contribution in [0.15, 0.2) is 61.1 Å². The van der Waals surface area contributed by atoms with E-state index in [0.717, 1.165) is 52.1 Å². The molecule has 0 aliphatic carbocycles. The fraction of sp³-hybridized carbons (Fsp3) is 0.396. The first-order chi connectivity index (χ1) is 31.7. The van der Waals surface area contributed by atoms with Gasteiger partial charge in [-0.15, -0.1) is 11.3 Å². The van der Waals surface area contributed by atoms with Crippen LogP contribution < -0.4 is 29.6 Å². The molecule has 18 heteroatoms. The Morgan fingerprint density at radius 1 is 0.970 bits per heavy atom. The predicted molar refractivity (Wildman–Crippen MR) is 254 cm³/mol. The van der Waals surface area contributed by atoms with Gasteiger partial charge in [-0.05, 0) is 99.3 Å². The van der Waals surface area contributed by atoms with Crippen LogP contribution in [0.3, 0.4) is 0 Å². The van der Waals surface area contributed by atoms with Gasteiger partial charge in [0, 0.05) is 80.0 Å². The lowest BCUT2D eigenvalue weighted by molar-refractivity contribution is -0.145. The summed E-state index contributed by atoms with van der Waals surface area (Å²) in [5.41, 5.74) is 10.6. The minimum atomic E-state index is -1.46. The number of piperidine rings is 1. The van der Waals surface area contributed by atoms with E-state index in [0.29, 0.717) is 94.0 Å². The summed E-state index contributed by atoms with van der Waals surface area (Å²) in [6.07, 6.45) is 2.57. The van der Waals surface area contributed by atoms with Crippen LogP contribution in [0.5, 0.6) is 23.1 Å². The number of carboxylic acids is 1. The Labute approximate surface area is 396 Å². The summed E-state index contributed by atoms with van der Waals surface area (Å²) in [7, 11) is 2.10. The lowest BCUT2D eigenvalue weighted by Crippen LogP contribution is -2.49. The number of nitrogens with two attached hydrogens (primary N) is 1. The summed E-state index contributed by atoms with van der Waals surface area (Å²) in [5, 5.41) is 11.9. The van der Waals surface area contributed by atoms with Crippen molar-refractivity contribution < 1.29 is 33.2 Å². The van der Waals surface area contributed by atoms with Gasteiger partial charge in [0.15, 0.2) is 5.75 Å². The monoisotopic (exact) mass is 956 g/mol. The molecule has 346 valence electrons. The number of benzene rings is 3. The molecule has 4 aliphatic rings. The molecule has 2 fully saturated rings.